The van der Waals surface area contributed by atoms with Crippen LogP contribution in [0.4, 0.5) is 20.9 Å². The van der Waals surface area contributed by atoms with Gasteiger partial charge >= 0.3 is 5.97 Å². The number of ether oxygens (including phenoxy) is 1. The van der Waals surface area contributed by atoms with Gasteiger partial charge in [0.1, 0.15) is 18.0 Å². The molecule has 0 aliphatic carbocycles. The summed E-state index contributed by atoms with van der Waals surface area (Å²) < 4.78 is 19.2. The van der Waals surface area contributed by atoms with Crippen molar-refractivity contribution in [2.24, 2.45) is 0 Å². The summed E-state index contributed by atoms with van der Waals surface area (Å²) in [7, 11) is 0. The molecule has 1 aromatic heterocycles. The minimum Gasteiger partial charge on any atom is -0.455 e. The number of benzene rings is 2. The highest BCUT2D eigenvalue weighted by molar-refractivity contribution is 7.14. The molecular formula is C19H14FN3O5S. The lowest BCUT2D eigenvalue weighted by molar-refractivity contribution is -0.385. The molecular weight excluding hydrogens is 401 g/mol. The highest BCUT2D eigenvalue weighted by Crippen LogP contribution is 2.31. The number of carbonyl (C=O) groups is 2. The van der Waals surface area contributed by atoms with Crippen LogP contribution in [0.5, 0.6) is 0 Å². The molecule has 1 heterocycles. The topological polar surface area (TPSA) is 103 Å². The predicted octanol–water partition coefficient (Wildman–Crippen LogP) is 4.23. The van der Waals surface area contributed by atoms with Gasteiger partial charge in [-0.05, 0) is 18.2 Å². The van der Waals surface area contributed by atoms with Crippen molar-refractivity contribution in [1.29, 1.82) is 0 Å². The van der Waals surface area contributed by atoms with Gasteiger partial charge < -0.3 is 4.74 Å². The monoisotopic (exact) mass is 415 g/mol. The van der Waals surface area contributed by atoms with Crippen LogP contribution in [0.25, 0.3) is 0 Å². The molecule has 3 rings (SSSR count). The zero-order valence-corrected chi connectivity index (χ0v) is 15.9. The van der Waals surface area contributed by atoms with E-state index in [2.05, 4.69) is 4.98 Å². The molecule has 10 heteroatoms. The standard InChI is InChI=1S/C19H14FN3O5S/c1-12(24)22(17-9-5-3-7-15(17)20)19-21-13(11-29-19)10-28-18(25)14-6-2-4-8-16(14)23(26)27/h2-9,11H,10H2,1H3. The van der Waals surface area contributed by atoms with E-state index in [4.69, 9.17) is 4.74 Å². The van der Waals surface area contributed by atoms with Gasteiger partial charge in [-0.15, -0.1) is 11.3 Å². The number of hydrogen-bond donors (Lipinski definition) is 0. The number of amides is 1. The van der Waals surface area contributed by atoms with Crippen LogP contribution in [0.15, 0.2) is 53.9 Å². The first-order valence-corrected chi connectivity index (χ1v) is 9.16. The predicted molar refractivity (Wildman–Crippen MR) is 104 cm³/mol. The Labute approximate surface area is 168 Å². The fourth-order valence-electron chi connectivity index (χ4n) is 2.53. The molecule has 0 aliphatic rings. The van der Waals surface area contributed by atoms with Crippen LogP contribution in [-0.2, 0) is 16.1 Å². The number of carbonyl (C=O) groups excluding carboxylic acids is 2. The number of anilines is 2. The highest BCUT2D eigenvalue weighted by Gasteiger charge is 2.23. The molecule has 8 nitrogen and oxygen atoms in total. The summed E-state index contributed by atoms with van der Waals surface area (Å²) in [6, 6.07) is 11.2. The molecule has 2 aromatic carbocycles. The van der Waals surface area contributed by atoms with E-state index in [0.29, 0.717) is 5.69 Å². The molecule has 1 amide bonds. The Balaban J connectivity index is 1.77. The third-order valence-electron chi connectivity index (χ3n) is 3.81. The Morgan fingerprint density at radius 2 is 1.90 bits per heavy atom. The number of nitrogens with zero attached hydrogens (tertiary/aromatic N) is 3. The number of hydrogen-bond acceptors (Lipinski definition) is 7. The van der Waals surface area contributed by atoms with Crippen LogP contribution in [0, 0.1) is 15.9 Å². The number of aromatic nitrogens is 1. The van der Waals surface area contributed by atoms with E-state index in [-0.39, 0.29) is 28.7 Å². The first-order chi connectivity index (χ1) is 13.9. The Bertz CT molecular complexity index is 1080. The first-order valence-electron chi connectivity index (χ1n) is 8.28. The van der Waals surface area contributed by atoms with E-state index in [1.54, 1.807) is 11.4 Å². The second kappa shape index (κ2) is 8.57. The van der Waals surface area contributed by atoms with Gasteiger partial charge in [0.05, 0.1) is 16.3 Å². The molecule has 0 atom stereocenters. The second-order valence-electron chi connectivity index (χ2n) is 5.78. The average Bonchev–Trinajstić information content (AvgIpc) is 3.16. The van der Waals surface area contributed by atoms with Gasteiger partial charge in [0, 0.05) is 18.4 Å². The van der Waals surface area contributed by atoms with E-state index in [9.17, 15) is 24.1 Å². The summed E-state index contributed by atoms with van der Waals surface area (Å²) in [6.07, 6.45) is 0. The van der Waals surface area contributed by atoms with Crippen LogP contribution < -0.4 is 4.90 Å². The van der Waals surface area contributed by atoms with Crippen LogP contribution >= 0.6 is 11.3 Å². The number of nitro groups is 1. The van der Waals surface area contributed by atoms with E-state index < -0.39 is 22.6 Å². The van der Waals surface area contributed by atoms with Crippen molar-refractivity contribution in [2.45, 2.75) is 13.5 Å². The smallest absolute Gasteiger partial charge is 0.345 e. The number of para-hydroxylation sites is 2. The summed E-state index contributed by atoms with van der Waals surface area (Å²) in [4.78, 5) is 39.9. The second-order valence-corrected chi connectivity index (χ2v) is 6.61. The maximum absolute atomic E-state index is 14.1. The molecule has 0 spiro atoms. The van der Waals surface area contributed by atoms with E-state index in [0.717, 1.165) is 16.2 Å². The van der Waals surface area contributed by atoms with Gasteiger partial charge in [0.2, 0.25) is 5.91 Å². The maximum atomic E-state index is 14.1. The molecule has 0 saturated carbocycles. The van der Waals surface area contributed by atoms with Crippen molar-refractivity contribution in [2.75, 3.05) is 4.90 Å². The number of esters is 1. The zero-order chi connectivity index (χ0) is 21.0. The van der Waals surface area contributed by atoms with E-state index >= 15 is 0 Å². The van der Waals surface area contributed by atoms with Crippen LogP contribution in [0.2, 0.25) is 0 Å². The van der Waals surface area contributed by atoms with Gasteiger partial charge in [-0.25, -0.2) is 14.2 Å². The van der Waals surface area contributed by atoms with Crippen molar-refractivity contribution in [3.63, 3.8) is 0 Å². The molecule has 0 saturated heterocycles. The number of nitro benzene ring substituents is 1. The molecule has 0 N–H and O–H groups in total. The van der Waals surface area contributed by atoms with Gasteiger partial charge in [-0.1, -0.05) is 24.3 Å². The Morgan fingerprint density at radius 3 is 2.59 bits per heavy atom. The van der Waals surface area contributed by atoms with Crippen molar-refractivity contribution in [3.8, 4) is 0 Å². The molecule has 29 heavy (non-hydrogen) atoms. The van der Waals surface area contributed by atoms with E-state index in [1.807, 2.05) is 0 Å². The summed E-state index contributed by atoms with van der Waals surface area (Å²) >= 11 is 1.07. The maximum Gasteiger partial charge on any atom is 0.345 e. The van der Waals surface area contributed by atoms with Gasteiger partial charge in [-0.3, -0.25) is 19.8 Å². The average molecular weight is 415 g/mol. The normalized spacial score (nSPS) is 10.4. The summed E-state index contributed by atoms with van der Waals surface area (Å²) in [5.41, 5.74) is -0.166. The molecule has 148 valence electrons. The third-order valence-corrected chi connectivity index (χ3v) is 4.69. The lowest BCUT2D eigenvalue weighted by Crippen LogP contribution is -2.23. The largest absolute Gasteiger partial charge is 0.455 e. The quantitative estimate of drug-likeness (QED) is 0.339. The van der Waals surface area contributed by atoms with Crippen LogP contribution in [0.3, 0.4) is 0 Å². The SMILES string of the molecule is CC(=O)N(c1nc(COC(=O)c2ccccc2[N+](=O)[O-])cs1)c1ccccc1F. The number of halogens is 1. The lowest BCUT2D eigenvalue weighted by Gasteiger charge is -2.18. The molecule has 3 aromatic rings. The minimum absolute atomic E-state index is 0.0535. The highest BCUT2D eigenvalue weighted by atomic mass is 32.1. The van der Waals surface area contributed by atoms with Crippen LogP contribution in [0.1, 0.15) is 23.0 Å². The minimum atomic E-state index is -0.871. The van der Waals surface area contributed by atoms with Gasteiger partial charge in [0.15, 0.2) is 5.13 Å². The van der Waals surface area contributed by atoms with Crippen molar-refractivity contribution in [3.05, 3.63) is 81.1 Å². The third kappa shape index (κ3) is 4.43. The summed E-state index contributed by atoms with van der Waals surface area (Å²) in [5.74, 6) is -1.89. The zero-order valence-electron chi connectivity index (χ0n) is 15.1. The Hall–Kier alpha value is -3.66. The first kappa shape index (κ1) is 20.1. The number of rotatable bonds is 6. The molecule has 0 aliphatic heterocycles. The van der Waals surface area contributed by atoms with Crippen molar-refractivity contribution < 1.29 is 23.6 Å². The molecule has 0 radical (unpaired) electrons. The molecule has 0 bridgehead atoms. The Kier molecular flexibility index (Phi) is 5.93. The van der Waals surface area contributed by atoms with Crippen LogP contribution in [-0.4, -0.2) is 21.8 Å². The van der Waals surface area contributed by atoms with Gasteiger partial charge in [0.25, 0.3) is 5.69 Å². The Morgan fingerprint density at radius 1 is 1.21 bits per heavy atom. The molecule has 0 fully saturated rings. The summed E-state index contributed by atoms with van der Waals surface area (Å²) in [6.45, 7) is 1.02. The summed E-state index contributed by atoms with van der Waals surface area (Å²) in [5, 5.41) is 12.8. The van der Waals surface area contributed by atoms with Crippen molar-refractivity contribution in [1.82, 2.24) is 4.98 Å². The molecule has 0 unspecified atom stereocenters. The fraction of sp³-hybridized carbons (Fsp3) is 0.105. The number of thiazole rings is 1. The van der Waals surface area contributed by atoms with Gasteiger partial charge in [-0.2, -0.15) is 0 Å². The van der Waals surface area contributed by atoms with E-state index in [1.165, 1.54) is 49.4 Å². The van der Waals surface area contributed by atoms with Crippen molar-refractivity contribution >= 4 is 39.7 Å². The fourth-order valence-corrected chi connectivity index (χ4v) is 3.39. The lowest BCUT2D eigenvalue weighted by atomic mass is 10.2.